The van der Waals surface area contributed by atoms with Crippen molar-refractivity contribution < 1.29 is 18.0 Å². The fourth-order valence-corrected chi connectivity index (χ4v) is 2.47. The lowest BCUT2D eigenvalue weighted by Gasteiger charge is -2.14. The molecule has 4 nitrogen and oxygen atoms in total. The van der Waals surface area contributed by atoms with Crippen molar-refractivity contribution in [3.05, 3.63) is 59.8 Å². The van der Waals surface area contributed by atoms with Crippen LogP contribution in [0, 0.1) is 6.92 Å². The first-order valence-electron chi connectivity index (χ1n) is 7.09. The average molecular weight is 333 g/mol. The van der Waals surface area contributed by atoms with Crippen molar-refractivity contribution >= 4 is 22.3 Å². The lowest BCUT2D eigenvalue weighted by Crippen LogP contribution is -2.08. The summed E-state index contributed by atoms with van der Waals surface area (Å²) >= 11 is 0. The number of aromatic nitrogens is 1. The number of alkyl halides is 3. The number of halogens is 3. The minimum Gasteiger partial charge on any atom is -0.411 e. The Bertz CT molecular complexity index is 894. The molecular formula is C17H14F3N3O. The third-order valence-electron chi connectivity index (χ3n) is 3.49. The number of pyridine rings is 1. The largest absolute Gasteiger partial charge is 0.416 e. The highest BCUT2D eigenvalue weighted by Gasteiger charge is 2.31. The Morgan fingerprint density at radius 3 is 2.54 bits per heavy atom. The molecule has 0 saturated carbocycles. The molecule has 0 radical (unpaired) electrons. The van der Waals surface area contributed by atoms with Gasteiger partial charge in [0.2, 0.25) is 0 Å². The fourth-order valence-electron chi connectivity index (χ4n) is 2.47. The Morgan fingerprint density at radius 2 is 1.83 bits per heavy atom. The zero-order valence-corrected chi connectivity index (χ0v) is 12.7. The lowest BCUT2D eigenvalue weighted by molar-refractivity contribution is -0.137. The second kappa shape index (κ2) is 6.01. The maximum atomic E-state index is 13.0. The van der Waals surface area contributed by atoms with Crippen molar-refractivity contribution in [3.63, 3.8) is 0 Å². The van der Waals surface area contributed by atoms with Crippen molar-refractivity contribution in [3.8, 4) is 5.75 Å². The number of hydrogen-bond donors (Lipinski definition) is 2. The van der Waals surface area contributed by atoms with E-state index in [1.54, 1.807) is 6.07 Å². The van der Waals surface area contributed by atoms with E-state index >= 15 is 0 Å². The number of nitrogens with one attached hydrogen (secondary N) is 1. The fraction of sp³-hybridized carbons (Fsp3) is 0.118. The van der Waals surface area contributed by atoms with Crippen LogP contribution in [0.4, 0.5) is 24.5 Å². The molecule has 2 aromatic carbocycles. The van der Waals surface area contributed by atoms with Crippen molar-refractivity contribution in [2.24, 2.45) is 5.90 Å². The number of anilines is 2. The SMILES string of the molecule is Cc1cc(Nc2cc(ON)cc(C(F)(F)F)c2)c2ccccc2n1. The van der Waals surface area contributed by atoms with E-state index in [9.17, 15) is 13.2 Å². The number of hydrogen-bond acceptors (Lipinski definition) is 4. The standard InChI is InChI=1S/C17H14F3N3O/c1-10-6-16(14-4-2-3-5-15(14)22-10)23-12-7-11(17(18,19)20)8-13(9-12)24-21/h2-9H,21H2,1H3,(H,22,23). The predicted octanol–water partition coefficient (Wildman–Crippen LogP) is 4.56. The van der Waals surface area contributed by atoms with Crippen LogP contribution in [0.15, 0.2) is 48.5 Å². The smallest absolute Gasteiger partial charge is 0.411 e. The normalized spacial score (nSPS) is 11.5. The molecule has 24 heavy (non-hydrogen) atoms. The Hall–Kier alpha value is -2.80. The van der Waals surface area contributed by atoms with E-state index < -0.39 is 11.7 Å². The van der Waals surface area contributed by atoms with E-state index in [2.05, 4.69) is 15.1 Å². The van der Waals surface area contributed by atoms with Crippen molar-refractivity contribution in [2.45, 2.75) is 13.1 Å². The number of fused-ring (bicyclic) bond motifs is 1. The molecule has 0 saturated heterocycles. The van der Waals surface area contributed by atoms with Crippen LogP contribution in [0.25, 0.3) is 10.9 Å². The molecule has 0 spiro atoms. The minimum absolute atomic E-state index is 0.0811. The third-order valence-corrected chi connectivity index (χ3v) is 3.49. The zero-order chi connectivity index (χ0) is 17.3. The summed E-state index contributed by atoms with van der Waals surface area (Å²) in [5, 5.41) is 3.80. The second-order valence-corrected chi connectivity index (χ2v) is 5.32. The molecule has 0 aliphatic heterocycles. The summed E-state index contributed by atoms with van der Waals surface area (Å²) in [6.07, 6.45) is -4.50. The van der Waals surface area contributed by atoms with Gasteiger partial charge in [0.25, 0.3) is 0 Å². The molecule has 3 rings (SSSR count). The van der Waals surface area contributed by atoms with Gasteiger partial charge in [-0.2, -0.15) is 19.1 Å². The highest BCUT2D eigenvalue weighted by molar-refractivity contribution is 5.93. The summed E-state index contributed by atoms with van der Waals surface area (Å²) in [7, 11) is 0. The molecule has 0 bridgehead atoms. The van der Waals surface area contributed by atoms with Crippen LogP contribution in [0.3, 0.4) is 0 Å². The van der Waals surface area contributed by atoms with E-state index in [1.165, 1.54) is 6.07 Å². The number of nitrogens with zero attached hydrogens (tertiary/aromatic N) is 1. The Morgan fingerprint density at radius 1 is 1.08 bits per heavy atom. The van der Waals surface area contributed by atoms with E-state index in [0.29, 0.717) is 5.69 Å². The van der Waals surface area contributed by atoms with Gasteiger partial charge in [0.15, 0.2) is 0 Å². The number of aryl methyl sites for hydroxylation is 1. The van der Waals surface area contributed by atoms with Gasteiger partial charge in [0.05, 0.1) is 11.1 Å². The summed E-state index contributed by atoms with van der Waals surface area (Å²) < 4.78 is 39.0. The molecular weight excluding hydrogens is 319 g/mol. The summed E-state index contributed by atoms with van der Waals surface area (Å²) in [5.74, 6) is 4.95. The van der Waals surface area contributed by atoms with Crippen LogP contribution < -0.4 is 16.1 Å². The van der Waals surface area contributed by atoms with E-state index in [4.69, 9.17) is 5.90 Å². The van der Waals surface area contributed by atoms with Crippen molar-refractivity contribution in [1.29, 1.82) is 0 Å². The summed E-state index contributed by atoms with van der Waals surface area (Å²) in [4.78, 5) is 8.89. The first-order chi connectivity index (χ1) is 11.4. The molecule has 7 heteroatoms. The van der Waals surface area contributed by atoms with Gasteiger partial charge in [0, 0.05) is 28.5 Å². The number of benzene rings is 2. The second-order valence-electron chi connectivity index (χ2n) is 5.32. The Kier molecular flexibility index (Phi) is 4.02. The molecule has 0 aliphatic carbocycles. The monoisotopic (exact) mass is 333 g/mol. The van der Waals surface area contributed by atoms with Gasteiger partial charge in [-0.25, -0.2) is 0 Å². The number of para-hydroxylation sites is 1. The number of rotatable bonds is 3. The maximum absolute atomic E-state index is 13.0. The summed E-state index contributed by atoms with van der Waals surface area (Å²) in [5.41, 5.74) is 1.53. The quantitative estimate of drug-likeness (QED) is 0.690. The van der Waals surface area contributed by atoms with E-state index in [1.807, 2.05) is 31.2 Å². The molecule has 0 fully saturated rings. The van der Waals surface area contributed by atoms with Gasteiger partial charge in [-0.3, -0.25) is 4.98 Å². The Labute approximate surface area is 136 Å². The first-order valence-corrected chi connectivity index (χ1v) is 7.09. The molecule has 0 unspecified atom stereocenters. The highest BCUT2D eigenvalue weighted by Crippen LogP contribution is 2.35. The molecule has 1 heterocycles. The molecule has 3 aromatic rings. The minimum atomic E-state index is -4.50. The topological polar surface area (TPSA) is 60.2 Å². The van der Waals surface area contributed by atoms with Crippen LogP contribution in [0.2, 0.25) is 0 Å². The van der Waals surface area contributed by atoms with Crippen LogP contribution in [-0.2, 0) is 6.18 Å². The maximum Gasteiger partial charge on any atom is 0.416 e. The van der Waals surface area contributed by atoms with Crippen LogP contribution in [-0.4, -0.2) is 4.98 Å². The number of nitrogens with two attached hydrogens (primary N) is 1. The molecule has 1 aromatic heterocycles. The average Bonchev–Trinajstić information content (AvgIpc) is 2.53. The van der Waals surface area contributed by atoms with Crippen LogP contribution >= 0.6 is 0 Å². The first kappa shape index (κ1) is 16.1. The van der Waals surface area contributed by atoms with Crippen molar-refractivity contribution in [1.82, 2.24) is 4.98 Å². The molecule has 0 atom stereocenters. The van der Waals surface area contributed by atoms with E-state index in [-0.39, 0.29) is 11.4 Å². The van der Waals surface area contributed by atoms with Gasteiger partial charge in [-0.15, -0.1) is 0 Å². The lowest BCUT2D eigenvalue weighted by atomic mass is 10.1. The Balaban J connectivity index is 2.09. The van der Waals surface area contributed by atoms with Gasteiger partial charge in [-0.05, 0) is 31.2 Å². The van der Waals surface area contributed by atoms with Crippen molar-refractivity contribution in [2.75, 3.05) is 5.32 Å². The van der Waals surface area contributed by atoms with E-state index in [0.717, 1.165) is 28.7 Å². The third kappa shape index (κ3) is 3.26. The zero-order valence-electron chi connectivity index (χ0n) is 12.7. The molecule has 124 valence electrons. The molecule has 0 aliphatic rings. The molecule has 3 N–H and O–H groups in total. The summed E-state index contributed by atoms with van der Waals surface area (Å²) in [6.45, 7) is 1.82. The van der Waals surface area contributed by atoms with Gasteiger partial charge in [-0.1, -0.05) is 18.2 Å². The van der Waals surface area contributed by atoms with Gasteiger partial charge >= 0.3 is 6.18 Å². The van der Waals surface area contributed by atoms with Gasteiger partial charge < -0.3 is 10.2 Å². The predicted molar refractivity (Wildman–Crippen MR) is 86.0 cm³/mol. The van der Waals surface area contributed by atoms with Crippen LogP contribution in [0.5, 0.6) is 5.75 Å². The highest BCUT2D eigenvalue weighted by atomic mass is 19.4. The van der Waals surface area contributed by atoms with Crippen LogP contribution in [0.1, 0.15) is 11.3 Å². The van der Waals surface area contributed by atoms with Gasteiger partial charge in [0.1, 0.15) is 5.75 Å². The summed E-state index contributed by atoms with van der Waals surface area (Å²) in [6, 6.07) is 12.4. The molecule has 0 amide bonds.